The van der Waals surface area contributed by atoms with Crippen LogP contribution in [-0.4, -0.2) is 36.8 Å². The van der Waals surface area contributed by atoms with Gasteiger partial charge in [-0.25, -0.2) is 0 Å². The molecular formula is C28H29N3O6S. The number of nitrogens with one attached hydrogen (secondary N) is 2. The predicted octanol–water partition coefficient (Wildman–Crippen LogP) is 5.27. The quantitative estimate of drug-likeness (QED) is 0.320. The van der Waals surface area contributed by atoms with E-state index >= 15 is 0 Å². The third kappa shape index (κ3) is 6.20. The van der Waals surface area contributed by atoms with E-state index < -0.39 is 11.8 Å². The molecule has 0 radical (unpaired) electrons. The van der Waals surface area contributed by atoms with Crippen molar-refractivity contribution in [3.8, 4) is 11.5 Å². The fourth-order valence-corrected chi connectivity index (χ4v) is 4.84. The Hall–Kier alpha value is -4.18. The second kappa shape index (κ2) is 11.9. The van der Waals surface area contributed by atoms with Crippen molar-refractivity contribution in [1.82, 2.24) is 4.90 Å². The van der Waals surface area contributed by atoms with Crippen LogP contribution in [0.1, 0.15) is 26.0 Å². The third-order valence-corrected chi connectivity index (χ3v) is 6.69. The van der Waals surface area contributed by atoms with E-state index in [-0.39, 0.29) is 29.0 Å². The van der Waals surface area contributed by atoms with Crippen LogP contribution in [-0.2, 0) is 20.9 Å². The van der Waals surface area contributed by atoms with E-state index in [0.29, 0.717) is 40.0 Å². The number of benzene rings is 2. The molecule has 0 spiro atoms. The molecule has 0 fully saturated rings. The molecule has 1 aromatic heterocycles. The summed E-state index contributed by atoms with van der Waals surface area (Å²) in [6, 6.07) is 15.7. The summed E-state index contributed by atoms with van der Waals surface area (Å²) in [7, 11) is 3.05. The van der Waals surface area contributed by atoms with E-state index in [1.165, 1.54) is 13.4 Å². The highest BCUT2D eigenvalue weighted by Gasteiger charge is 2.40. The average Bonchev–Trinajstić information content (AvgIpc) is 3.48. The lowest BCUT2D eigenvalue weighted by molar-refractivity contribution is -0.138. The second-order valence-corrected chi connectivity index (χ2v) is 10.0. The minimum Gasteiger partial charge on any atom is -0.497 e. The molecule has 3 amide bonds. The number of imide groups is 1. The molecule has 0 atom stereocenters. The summed E-state index contributed by atoms with van der Waals surface area (Å²) in [5, 5.41) is 5.99. The van der Waals surface area contributed by atoms with Gasteiger partial charge in [-0.3, -0.25) is 19.3 Å². The summed E-state index contributed by atoms with van der Waals surface area (Å²) in [4.78, 5) is 41.3. The minimum absolute atomic E-state index is 0.00897. The number of hydrogen-bond donors (Lipinski definition) is 2. The van der Waals surface area contributed by atoms with Gasteiger partial charge in [-0.05, 0) is 48.4 Å². The molecule has 1 aliphatic rings. The first-order chi connectivity index (χ1) is 18.3. The molecule has 0 bridgehead atoms. The van der Waals surface area contributed by atoms with Crippen LogP contribution in [0, 0.1) is 5.92 Å². The van der Waals surface area contributed by atoms with Gasteiger partial charge >= 0.3 is 0 Å². The number of nitrogens with zero attached hydrogens (tertiary/aromatic N) is 1. The zero-order chi connectivity index (χ0) is 27.2. The number of methoxy groups -OCH3 is 2. The Kier molecular flexibility index (Phi) is 8.42. The molecule has 10 heteroatoms. The van der Waals surface area contributed by atoms with Crippen molar-refractivity contribution in [2.75, 3.05) is 24.9 Å². The summed E-state index contributed by atoms with van der Waals surface area (Å²) in [5.41, 5.74) is 1.22. The van der Waals surface area contributed by atoms with Crippen molar-refractivity contribution >= 4 is 40.9 Å². The lowest BCUT2D eigenvalue weighted by atomic mass is 10.1. The number of ether oxygens (including phenoxy) is 2. The topological polar surface area (TPSA) is 110 Å². The minimum atomic E-state index is -0.492. The molecule has 9 nitrogen and oxygen atoms in total. The fraction of sp³-hybridized carbons (Fsp3) is 0.250. The number of anilines is 2. The number of furan rings is 1. The molecule has 3 aromatic rings. The van der Waals surface area contributed by atoms with Crippen LogP contribution in [0.15, 0.2) is 80.8 Å². The summed E-state index contributed by atoms with van der Waals surface area (Å²) < 4.78 is 16.1. The molecule has 2 heterocycles. The Balaban J connectivity index is 1.66. The molecule has 4 rings (SSSR count). The molecule has 2 N–H and O–H groups in total. The van der Waals surface area contributed by atoms with Crippen LogP contribution in [0.2, 0.25) is 0 Å². The van der Waals surface area contributed by atoms with Gasteiger partial charge in [0.1, 0.15) is 27.9 Å². The van der Waals surface area contributed by atoms with Gasteiger partial charge in [-0.2, -0.15) is 0 Å². The van der Waals surface area contributed by atoms with Crippen LogP contribution in [0.5, 0.6) is 11.5 Å². The van der Waals surface area contributed by atoms with E-state index in [9.17, 15) is 14.4 Å². The van der Waals surface area contributed by atoms with Crippen molar-refractivity contribution in [3.63, 3.8) is 0 Å². The maximum absolute atomic E-state index is 13.5. The molecule has 0 aliphatic carbocycles. The van der Waals surface area contributed by atoms with Gasteiger partial charge in [0.2, 0.25) is 5.91 Å². The largest absolute Gasteiger partial charge is 0.497 e. The highest BCUT2D eigenvalue weighted by atomic mass is 32.2. The molecule has 38 heavy (non-hydrogen) atoms. The van der Waals surface area contributed by atoms with E-state index in [1.807, 2.05) is 19.9 Å². The number of hydrogen-bond acceptors (Lipinski definition) is 8. The Bertz CT molecular complexity index is 1370. The average molecular weight is 536 g/mol. The molecule has 2 aromatic carbocycles. The Labute approximate surface area is 225 Å². The van der Waals surface area contributed by atoms with Gasteiger partial charge in [-0.15, -0.1) is 0 Å². The van der Waals surface area contributed by atoms with Crippen LogP contribution in [0.25, 0.3) is 0 Å². The lowest BCUT2D eigenvalue weighted by Gasteiger charge is -2.15. The molecule has 0 unspecified atom stereocenters. The van der Waals surface area contributed by atoms with Gasteiger partial charge in [0.25, 0.3) is 11.8 Å². The maximum atomic E-state index is 13.5. The molecular weight excluding hydrogens is 506 g/mol. The summed E-state index contributed by atoms with van der Waals surface area (Å²) in [6.07, 6.45) is 1.89. The van der Waals surface area contributed by atoms with Crippen molar-refractivity contribution in [3.05, 3.63) is 77.2 Å². The first kappa shape index (κ1) is 26.9. The zero-order valence-corrected chi connectivity index (χ0v) is 22.4. The Morgan fingerprint density at radius 1 is 1.03 bits per heavy atom. The number of thioether (sulfide) groups is 1. The van der Waals surface area contributed by atoms with Crippen molar-refractivity contribution in [1.29, 1.82) is 0 Å². The third-order valence-electron chi connectivity index (χ3n) is 5.62. The monoisotopic (exact) mass is 535 g/mol. The zero-order valence-electron chi connectivity index (χ0n) is 21.6. The smallest absolute Gasteiger partial charge is 0.278 e. The highest BCUT2D eigenvalue weighted by molar-refractivity contribution is 8.04. The highest BCUT2D eigenvalue weighted by Crippen LogP contribution is 2.39. The SMILES string of the molecule is COc1ccc(NC2=C(Sc3cccc(NC(=O)CC(C)C)c3)C(=O)N(Cc3ccco3)C2=O)c(OC)c1. The van der Waals surface area contributed by atoms with E-state index in [2.05, 4.69) is 10.6 Å². The maximum Gasteiger partial charge on any atom is 0.278 e. The van der Waals surface area contributed by atoms with Crippen LogP contribution < -0.4 is 20.1 Å². The van der Waals surface area contributed by atoms with Gasteiger partial charge < -0.3 is 24.5 Å². The van der Waals surface area contributed by atoms with Gasteiger partial charge in [0.15, 0.2) is 0 Å². The Morgan fingerprint density at radius 3 is 2.53 bits per heavy atom. The lowest BCUT2D eigenvalue weighted by Crippen LogP contribution is -2.31. The summed E-state index contributed by atoms with van der Waals surface area (Å²) >= 11 is 1.14. The first-order valence-corrected chi connectivity index (χ1v) is 12.8. The summed E-state index contributed by atoms with van der Waals surface area (Å²) in [6.45, 7) is 3.94. The molecule has 198 valence electrons. The number of rotatable bonds is 11. The van der Waals surface area contributed by atoms with Crippen molar-refractivity contribution < 1.29 is 28.3 Å². The van der Waals surface area contributed by atoms with E-state index in [0.717, 1.165) is 16.7 Å². The first-order valence-electron chi connectivity index (χ1n) is 12.0. The van der Waals surface area contributed by atoms with E-state index in [4.69, 9.17) is 13.9 Å². The van der Waals surface area contributed by atoms with E-state index in [1.54, 1.807) is 55.6 Å². The number of carbonyl (C=O) groups excluding carboxylic acids is 3. The summed E-state index contributed by atoms with van der Waals surface area (Å²) in [5.74, 6) is 0.694. The van der Waals surface area contributed by atoms with Crippen molar-refractivity contribution in [2.45, 2.75) is 31.7 Å². The normalized spacial score (nSPS) is 13.3. The molecule has 1 aliphatic heterocycles. The van der Waals surface area contributed by atoms with Crippen LogP contribution in [0.3, 0.4) is 0 Å². The standard InChI is InChI=1S/C28H29N3O6S/c1-17(2)13-24(32)29-18-7-5-9-21(14-18)38-26-25(30-22-11-10-19(35-3)15-23(22)36-4)27(33)31(28(26)34)16-20-8-6-12-37-20/h5-12,14-15,17,30H,13,16H2,1-4H3,(H,29,32). The number of amides is 3. The van der Waals surface area contributed by atoms with Gasteiger partial charge in [0.05, 0.1) is 32.7 Å². The second-order valence-electron chi connectivity index (χ2n) is 8.95. The molecule has 0 saturated carbocycles. The van der Waals surface area contributed by atoms with Crippen LogP contribution >= 0.6 is 11.8 Å². The predicted molar refractivity (Wildman–Crippen MR) is 145 cm³/mol. The van der Waals surface area contributed by atoms with Crippen molar-refractivity contribution in [2.24, 2.45) is 5.92 Å². The number of carbonyl (C=O) groups is 3. The fourth-order valence-electron chi connectivity index (χ4n) is 3.84. The van der Waals surface area contributed by atoms with Crippen LogP contribution in [0.4, 0.5) is 11.4 Å². The van der Waals surface area contributed by atoms with Gasteiger partial charge in [0, 0.05) is 23.1 Å². The molecule has 0 saturated heterocycles. The van der Waals surface area contributed by atoms with Gasteiger partial charge in [-0.1, -0.05) is 31.7 Å². The Morgan fingerprint density at radius 2 is 1.84 bits per heavy atom.